The van der Waals surface area contributed by atoms with E-state index < -0.39 is 23.4 Å². The van der Waals surface area contributed by atoms with E-state index in [9.17, 15) is 19.5 Å². The number of carbonyl (C=O) groups excluding carboxylic acids is 2. The molecule has 2 N–H and O–H groups in total. The molecule has 0 bridgehead atoms. The maximum absolute atomic E-state index is 12.7. The highest BCUT2D eigenvalue weighted by molar-refractivity contribution is 5.98. The Hall–Kier alpha value is -2.57. The summed E-state index contributed by atoms with van der Waals surface area (Å²) in [5, 5.41) is 12.4. The first-order valence-electron chi connectivity index (χ1n) is 8.73. The Bertz CT molecular complexity index is 691. The van der Waals surface area contributed by atoms with Gasteiger partial charge in [0.05, 0.1) is 7.11 Å². The second-order valence-electron chi connectivity index (χ2n) is 6.65. The standard InChI is InChI=1S/C19H25NO6/c1-4-13-7-9-19(10-8-13,18(23)24)20-17(22)14-5-6-15(25-3)16(11-14)26-12(2)21/h5-6,11,13H,4,7-10H2,1-3H3,(H,20,22)(H,23,24). The minimum absolute atomic E-state index is 0.117. The molecule has 1 aromatic rings. The third-order valence-corrected chi connectivity index (χ3v) is 4.98. The minimum atomic E-state index is -1.26. The van der Waals surface area contributed by atoms with Gasteiger partial charge in [0, 0.05) is 12.5 Å². The van der Waals surface area contributed by atoms with Crippen molar-refractivity contribution in [3.63, 3.8) is 0 Å². The van der Waals surface area contributed by atoms with Gasteiger partial charge in [-0.1, -0.05) is 13.3 Å². The number of methoxy groups -OCH3 is 1. The predicted octanol–water partition coefficient (Wildman–Crippen LogP) is 2.77. The number of carboxylic acid groups (broad SMARTS) is 1. The number of aliphatic carboxylic acids is 1. The molecule has 142 valence electrons. The van der Waals surface area contributed by atoms with Crippen LogP contribution in [-0.4, -0.2) is 35.6 Å². The number of hydrogen-bond acceptors (Lipinski definition) is 5. The summed E-state index contributed by atoms with van der Waals surface area (Å²) in [6, 6.07) is 4.39. The van der Waals surface area contributed by atoms with Gasteiger partial charge in [0.1, 0.15) is 5.54 Å². The first-order chi connectivity index (χ1) is 12.3. The molecule has 1 aliphatic rings. The van der Waals surface area contributed by atoms with E-state index in [0.29, 0.717) is 24.5 Å². The monoisotopic (exact) mass is 363 g/mol. The van der Waals surface area contributed by atoms with Gasteiger partial charge < -0.3 is 19.9 Å². The van der Waals surface area contributed by atoms with Gasteiger partial charge in [-0.15, -0.1) is 0 Å². The Morgan fingerprint density at radius 3 is 2.38 bits per heavy atom. The van der Waals surface area contributed by atoms with Crippen molar-refractivity contribution in [2.75, 3.05) is 7.11 Å². The molecule has 0 heterocycles. The number of esters is 1. The molecular weight excluding hydrogens is 338 g/mol. The van der Waals surface area contributed by atoms with Gasteiger partial charge >= 0.3 is 11.9 Å². The number of carbonyl (C=O) groups is 3. The number of carboxylic acids is 1. The summed E-state index contributed by atoms with van der Waals surface area (Å²) >= 11 is 0. The smallest absolute Gasteiger partial charge is 0.329 e. The van der Waals surface area contributed by atoms with Crippen LogP contribution in [0.5, 0.6) is 11.5 Å². The fraction of sp³-hybridized carbons (Fsp3) is 0.526. The molecule has 1 saturated carbocycles. The van der Waals surface area contributed by atoms with E-state index in [0.717, 1.165) is 19.3 Å². The maximum atomic E-state index is 12.7. The van der Waals surface area contributed by atoms with Crippen molar-refractivity contribution in [1.82, 2.24) is 5.32 Å². The lowest BCUT2D eigenvalue weighted by molar-refractivity contribution is -0.146. The summed E-state index contributed by atoms with van der Waals surface area (Å²) in [6.45, 7) is 3.34. The van der Waals surface area contributed by atoms with E-state index in [1.54, 1.807) is 0 Å². The summed E-state index contributed by atoms with van der Waals surface area (Å²) in [7, 11) is 1.42. The third-order valence-electron chi connectivity index (χ3n) is 4.98. The highest BCUT2D eigenvalue weighted by Crippen LogP contribution is 2.35. The lowest BCUT2D eigenvalue weighted by Gasteiger charge is -2.37. The molecule has 0 spiro atoms. The zero-order valence-corrected chi connectivity index (χ0v) is 15.3. The molecule has 1 amide bonds. The van der Waals surface area contributed by atoms with Crippen molar-refractivity contribution in [2.45, 2.75) is 51.5 Å². The summed E-state index contributed by atoms with van der Waals surface area (Å²) in [4.78, 5) is 35.7. The molecule has 0 atom stereocenters. The number of nitrogens with one attached hydrogen (secondary N) is 1. The van der Waals surface area contributed by atoms with E-state index in [4.69, 9.17) is 9.47 Å². The normalized spacial score (nSPS) is 22.3. The number of amides is 1. The van der Waals surface area contributed by atoms with Crippen LogP contribution in [0.25, 0.3) is 0 Å². The van der Waals surface area contributed by atoms with E-state index >= 15 is 0 Å². The first-order valence-corrected chi connectivity index (χ1v) is 8.73. The number of ether oxygens (including phenoxy) is 2. The molecule has 0 radical (unpaired) electrons. The molecular formula is C19H25NO6. The highest BCUT2D eigenvalue weighted by atomic mass is 16.6. The SMILES string of the molecule is CCC1CCC(NC(=O)c2ccc(OC)c(OC(C)=O)c2)(C(=O)O)CC1. The van der Waals surface area contributed by atoms with Crippen molar-refractivity contribution in [2.24, 2.45) is 5.92 Å². The molecule has 7 nitrogen and oxygen atoms in total. The summed E-state index contributed by atoms with van der Waals surface area (Å²) < 4.78 is 10.2. The Morgan fingerprint density at radius 1 is 1.23 bits per heavy atom. The van der Waals surface area contributed by atoms with Crippen LogP contribution < -0.4 is 14.8 Å². The van der Waals surface area contributed by atoms with Crippen LogP contribution in [0.1, 0.15) is 56.3 Å². The lowest BCUT2D eigenvalue weighted by atomic mass is 9.75. The minimum Gasteiger partial charge on any atom is -0.493 e. The van der Waals surface area contributed by atoms with E-state index in [-0.39, 0.29) is 11.3 Å². The van der Waals surface area contributed by atoms with Crippen LogP contribution in [0.2, 0.25) is 0 Å². The summed E-state index contributed by atoms with van der Waals surface area (Å²) in [5.74, 6) is -1.15. The van der Waals surface area contributed by atoms with Gasteiger partial charge in [0.25, 0.3) is 5.91 Å². The van der Waals surface area contributed by atoms with Crippen LogP contribution in [-0.2, 0) is 9.59 Å². The average molecular weight is 363 g/mol. The number of rotatable bonds is 6. The quantitative estimate of drug-likeness (QED) is 0.595. The second kappa shape index (κ2) is 8.21. The fourth-order valence-corrected chi connectivity index (χ4v) is 3.31. The molecule has 1 aromatic carbocycles. The van der Waals surface area contributed by atoms with Crippen LogP contribution in [0.4, 0.5) is 0 Å². The van der Waals surface area contributed by atoms with Crippen molar-refractivity contribution in [3.8, 4) is 11.5 Å². The van der Waals surface area contributed by atoms with Crippen LogP contribution in [0.15, 0.2) is 18.2 Å². The van der Waals surface area contributed by atoms with Crippen molar-refractivity contribution in [3.05, 3.63) is 23.8 Å². The Labute approximate surface area is 152 Å². The second-order valence-corrected chi connectivity index (χ2v) is 6.65. The van der Waals surface area contributed by atoms with E-state index in [1.807, 2.05) is 0 Å². The largest absolute Gasteiger partial charge is 0.493 e. The van der Waals surface area contributed by atoms with Crippen LogP contribution in [0.3, 0.4) is 0 Å². The van der Waals surface area contributed by atoms with Crippen molar-refractivity contribution >= 4 is 17.8 Å². The average Bonchev–Trinajstić information content (AvgIpc) is 2.61. The van der Waals surface area contributed by atoms with Crippen LogP contribution in [0, 0.1) is 5.92 Å². The maximum Gasteiger partial charge on any atom is 0.329 e. The topological polar surface area (TPSA) is 102 Å². The number of hydrogen-bond donors (Lipinski definition) is 2. The molecule has 1 fully saturated rings. The van der Waals surface area contributed by atoms with Crippen molar-refractivity contribution < 1.29 is 29.0 Å². The van der Waals surface area contributed by atoms with E-state index in [1.165, 1.54) is 32.2 Å². The molecule has 0 saturated heterocycles. The molecule has 0 unspecified atom stereocenters. The zero-order valence-electron chi connectivity index (χ0n) is 15.3. The van der Waals surface area contributed by atoms with Gasteiger partial charge in [0.2, 0.25) is 0 Å². The van der Waals surface area contributed by atoms with Gasteiger partial charge in [-0.05, 0) is 49.8 Å². The summed E-state index contributed by atoms with van der Waals surface area (Å²) in [6.07, 6.45) is 3.35. The van der Waals surface area contributed by atoms with Gasteiger partial charge in [0.15, 0.2) is 11.5 Å². The Balaban J connectivity index is 2.22. The lowest BCUT2D eigenvalue weighted by Crippen LogP contribution is -2.56. The van der Waals surface area contributed by atoms with E-state index in [2.05, 4.69) is 12.2 Å². The Morgan fingerprint density at radius 2 is 1.88 bits per heavy atom. The van der Waals surface area contributed by atoms with Crippen LogP contribution >= 0.6 is 0 Å². The zero-order chi connectivity index (χ0) is 19.3. The number of benzene rings is 1. The predicted molar refractivity (Wildman–Crippen MR) is 94.4 cm³/mol. The molecule has 1 aliphatic carbocycles. The summed E-state index contributed by atoms with van der Waals surface area (Å²) in [5.41, 5.74) is -1.05. The first kappa shape index (κ1) is 19.8. The molecule has 7 heteroatoms. The van der Waals surface area contributed by atoms with Gasteiger partial charge in [-0.2, -0.15) is 0 Å². The van der Waals surface area contributed by atoms with Gasteiger partial charge in [-0.3, -0.25) is 9.59 Å². The highest BCUT2D eigenvalue weighted by Gasteiger charge is 2.43. The molecule has 26 heavy (non-hydrogen) atoms. The molecule has 0 aromatic heterocycles. The van der Waals surface area contributed by atoms with Gasteiger partial charge in [-0.25, -0.2) is 4.79 Å². The Kier molecular flexibility index (Phi) is 6.23. The molecule has 2 rings (SSSR count). The molecule has 0 aliphatic heterocycles. The van der Waals surface area contributed by atoms with Crippen molar-refractivity contribution in [1.29, 1.82) is 0 Å². The fourth-order valence-electron chi connectivity index (χ4n) is 3.31. The third kappa shape index (κ3) is 4.33.